The first-order valence-corrected chi connectivity index (χ1v) is 4.36. The van der Waals surface area contributed by atoms with Crippen molar-refractivity contribution in [3.05, 3.63) is 20.8 Å². The number of hydrogen-bond donors (Lipinski definition) is 2. The minimum atomic E-state index is -0.639. The van der Waals surface area contributed by atoms with Gasteiger partial charge in [0.1, 0.15) is 0 Å². The van der Waals surface area contributed by atoms with Crippen molar-refractivity contribution in [2.75, 3.05) is 5.73 Å². The van der Waals surface area contributed by atoms with Crippen LogP contribution in [0, 0.1) is 0 Å². The molecule has 0 aliphatic rings. The maximum Gasteiger partial charge on any atom is 0.333 e. The summed E-state index contributed by atoms with van der Waals surface area (Å²) >= 11 is 0. The van der Waals surface area contributed by atoms with E-state index in [9.17, 15) is 14.7 Å². The Balaban J connectivity index is 3.74. The van der Waals surface area contributed by atoms with E-state index in [-0.39, 0.29) is 18.8 Å². The molecule has 0 bridgehead atoms. The van der Waals surface area contributed by atoms with Crippen LogP contribution in [0.5, 0.6) is 5.88 Å². The van der Waals surface area contributed by atoms with E-state index in [2.05, 4.69) is 0 Å². The zero-order valence-corrected chi connectivity index (χ0v) is 8.15. The molecule has 0 saturated heterocycles. The lowest BCUT2D eigenvalue weighted by atomic mass is 10.4. The monoisotopic (exact) mass is 199 g/mol. The van der Waals surface area contributed by atoms with Crippen molar-refractivity contribution in [2.24, 2.45) is 0 Å². The third-order valence-electron chi connectivity index (χ3n) is 2.07. The van der Waals surface area contributed by atoms with E-state index < -0.39 is 17.1 Å². The number of hydrogen-bond acceptors (Lipinski definition) is 4. The highest BCUT2D eigenvalue weighted by Crippen LogP contribution is 2.11. The Bertz CT molecular complexity index is 458. The first kappa shape index (κ1) is 10.4. The quantitative estimate of drug-likeness (QED) is 0.661. The summed E-state index contributed by atoms with van der Waals surface area (Å²) in [6.07, 6.45) is 0. The fourth-order valence-corrected chi connectivity index (χ4v) is 1.27. The van der Waals surface area contributed by atoms with Gasteiger partial charge in [-0.25, -0.2) is 4.79 Å². The fraction of sp³-hybridized carbons (Fsp3) is 0.500. The minimum Gasteiger partial charge on any atom is -0.493 e. The van der Waals surface area contributed by atoms with Crippen LogP contribution < -0.4 is 17.0 Å². The minimum absolute atomic E-state index is 0.238. The zero-order chi connectivity index (χ0) is 10.9. The summed E-state index contributed by atoms with van der Waals surface area (Å²) in [5.74, 6) is -0.452. The highest BCUT2D eigenvalue weighted by atomic mass is 16.3. The van der Waals surface area contributed by atoms with Crippen LogP contribution in [0.1, 0.15) is 13.8 Å². The summed E-state index contributed by atoms with van der Waals surface area (Å²) in [4.78, 5) is 22.9. The summed E-state index contributed by atoms with van der Waals surface area (Å²) in [6, 6.07) is 0. The van der Waals surface area contributed by atoms with Crippen LogP contribution in [-0.4, -0.2) is 14.2 Å². The number of anilines is 1. The van der Waals surface area contributed by atoms with Gasteiger partial charge in [0.2, 0.25) is 5.88 Å². The second-order valence-electron chi connectivity index (χ2n) is 2.81. The molecule has 14 heavy (non-hydrogen) atoms. The van der Waals surface area contributed by atoms with Crippen LogP contribution in [-0.2, 0) is 13.1 Å². The van der Waals surface area contributed by atoms with Crippen molar-refractivity contribution >= 4 is 5.69 Å². The van der Waals surface area contributed by atoms with Crippen molar-refractivity contribution in [1.82, 2.24) is 9.13 Å². The van der Waals surface area contributed by atoms with Gasteiger partial charge in [0, 0.05) is 13.1 Å². The molecule has 0 saturated carbocycles. The normalized spacial score (nSPS) is 10.4. The summed E-state index contributed by atoms with van der Waals surface area (Å²) in [7, 11) is 0. The van der Waals surface area contributed by atoms with Crippen LogP contribution in [0.25, 0.3) is 0 Å². The van der Waals surface area contributed by atoms with E-state index in [1.165, 1.54) is 0 Å². The largest absolute Gasteiger partial charge is 0.493 e. The molecule has 1 aromatic rings. The van der Waals surface area contributed by atoms with Crippen LogP contribution >= 0.6 is 0 Å². The molecule has 1 aromatic heterocycles. The number of aromatic hydroxyl groups is 1. The molecular formula is C8H13N3O3. The Labute approximate surface area is 80.2 Å². The van der Waals surface area contributed by atoms with Crippen LogP contribution in [0.2, 0.25) is 0 Å². The average molecular weight is 199 g/mol. The summed E-state index contributed by atoms with van der Waals surface area (Å²) in [5.41, 5.74) is 3.90. The molecule has 0 fully saturated rings. The highest BCUT2D eigenvalue weighted by molar-refractivity contribution is 5.45. The fourth-order valence-electron chi connectivity index (χ4n) is 1.27. The first-order valence-electron chi connectivity index (χ1n) is 4.36. The summed E-state index contributed by atoms with van der Waals surface area (Å²) < 4.78 is 2.04. The van der Waals surface area contributed by atoms with Gasteiger partial charge in [0.15, 0.2) is 5.69 Å². The molecule has 78 valence electrons. The average Bonchev–Trinajstić information content (AvgIpc) is 2.16. The van der Waals surface area contributed by atoms with Crippen molar-refractivity contribution < 1.29 is 5.11 Å². The lowest BCUT2D eigenvalue weighted by molar-refractivity contribution is 0.399. The standard InChI is InChI=1S/C8H13N3O3/c1-3-10-6(12)5(9)7(13)11(4-2)8(10)14/h12H,3-4,9H2,1-2H3. The van der Waals surface area contributed by atoms with Gasteiger partial charge < -0.3 is 10.8 Å². The van der Waals surface area contributed by atoms with E-state index >= 15 is 0 Å². The molecule has 0 amide bonds. The molecule has 0 spiro atoms. The highest BCUT2D eigenvalue weighted by Gasteiger charge is 2.13. The number of nitrogen functional groups attached to an aromatic ring is 1. The Hall–Kier alpha value is -1.72. The van der Waals surface area contributed by atoms with Gasteiger partial charge >= 0.3 is 5.69 Å². The molecule has 6 heteroatoms. The van der Waals surface area contributed by atoms with E-state index in [4.69, 9.17) is 5.73 Å². The van der Waals surface area contributed by atoms with Gasteiger partial charge in [-0.15, -0.1) is 0 Å². The third kappa shape index (κ3) is 1.28. The van der Waals surface area contributed by atoms with Gasteiger partial charge in [0.05, 0.1) is 0 Å². The molecule has 0 radical (unpaired) electrons. The molecule has 0 atom stereocenters. The maximum atomic E-state index is 11.5. The second-order valence-corrected chi connectivity index (χ2v) is 2.81. The van der Waals surface area contributed by atoms with Crippen LogP contribution in [0.15, 0.2) is 9.59 Å². The molecule has 0 aromatic carbocycles. The topological polar surface area (TPSA) is 90.2 Å². The van der Waals surface area contributed by atoms with Gasteiger partial charge in [0.25, 0.3) is 5.56 Å². The Kier molecular flexibility index (Phi) is 2.64. The number of aromatic nitrogens is 2. The smallest absolute Gasteiger partial charge is 0.333 e. The molecule has 1 heterocycles. The van der Waals surface area contributed by atoms with Crippen LogP contribution in [0.4, 0.5) is 5.69 Å². The van der Waals surface area contributed by atoms with Gasteiger partial charge in [-0.2, -0.15) is 0 Å². The third-order valence-corrected chi connectivity index (χ3v) is 2.07. The first-order chi connectivity index (χ1) is 6.54. The number of rotatable bonds is 2. The lowest BCUT2D eigenvalue weighted by Crippen LogP contribution is -2.40. The molecule has 0 aliphatic carbocycles. The lowest BCUT2D eigenvalue weighted by Gasteiger charge is -2.10. The molecule has 6 nitrogen and oxygen atoms in total. The van der Waals surface area contributed by atoms with Gasteiger partial charge in [-0.1, -0.05) is 0 Å². The molecular weight excluding hydrogens is 186 g/mol. The Morgan fingerprint density at radius 2 is 1.71 bits per heavy atom. The predicted octanol–water partition coefficient (Wildman–Crippen LogP) is -0.662. The molecule has 1 rings (SSSR count). The van der Waals surface area contributed by atoms with E-state index in [1.54, 1.807) is 13.8 Å². The summed E-state index contributed by atoms with van der Waals surface area (Å²) in [5, 5.41) is 9.40. The zero-order valence-electron chi connectivity index (χ0n) is 8.15. The molecule has 0 unspecified atom stereocenters. The van der Waals surface area contributed by atoms with Crippen molar-refractivity contribution in [2.45, 2.75) is 26.9 Å². The van der Waals surface area contributed by atoms with Crippen LogP contribution in [0.3, 0.4) is 0 Å². The van der Waals surface area contributed by atoms with Gasteiger partial charge in [-0.3, -0.25) is 13.9 Å². The predicted molar refractivity (Wildman–Crippen MR) is 52.4 cm³/mol. The van der Waals surface area contributed by atoms with E-state index in [0.29, 0.717) is 0 Å². The molecule has 0 aliphatic heterocycles. The van der Waals surface area contributed by atoms with Crippen molar-refractivity contribution in [1.29, 1.82) is 0 Å². The summed E-state index contributed by atoms with van der Waals surface area (Å²) in [6.45, 7) is 3.86. The Morgan fingerprint density at radius 3 is 2.14 bits per heavy atom. The number of nitrogens with two attached hydrogens (primary N) is 1. The van der Waals surface area contributed by atoms with E-state index in [0.717, 1.165) is 9.13 Å². The second kappa shape index (κ2) is 3.57. The maximum absolute atomic E-state index is 11.5. The SMILES string of the molecule is CCn1c(O)c(N)c(=O)n(CC)c1=O. The van der Waals surface area contributed by atoms with Crippen molar-refractivity contribution in [3.63, 3.8) is 0 Å². The van der Waals surface area contributed by atoms with Gasteiger partial charge in [-0.05, 0) is 13.8 Å². The molecule has 3 N–H and O–H groups in total. The van der Waals surface area contributed by atoms with E-state index in [1.807, 2.05) is 0 Å². The Morgan fingerprint density at radius 1 is 1.21 bits per heavy atom. The number of nitrogens with zero attached hydrogens (tertiary/aromatic N) is 2. The van der Waals surface area contributed by atoms with Crippen molar-refractivity contribution in [3.8, 4) is 5.88 Å².